The van der Waals surface area contributed by atoms with Crippen LogP contribution in [0.3, 0.4) is 0 Å². The molecule has 4 heteroatoms. The van der Waals surface area contributed by atoms with Gasteiger partial charge in [-0.25, -0.2) is 0 Å². The van der Waals surface area contributed by atoms with Crippen molar-refractivity contribution in [2.24, 2.45) is 0 Å². The van der Waals surface area contributed by atoms with E-state index in [1.165, 1.54) is 25.7 Å². The highest BCUT2D eigenvalue weighted by Crippen LogP contribution is 2.23. The number of hydrogen-bond donors (Lipinski definition) is 2. The van der Waals surface area contributed by atoms with Crippen molar-refractivity contribution < 1.29 is 4.79 Å². The highest BCUT2D eigenvalue weighted by atomic mass is 16.2. The molecular weight excluding hydrogens is 238 g/mol. The molecule has 1 aliphatic heterocycles. The number of likely N-dealkylation sites (N-methyl/N-ethyl adjacent to an activating group) is 2. The second-order valence-corrected chi connectivity index (χ2v) is 5.49. The monoisotopic (exact) mass is 269 g/mol. The topological polar surface area (TPSA) is 44.4 Å². The Morgan fingerprint density at radius 2 is 1.84 bits per heavy atom. The summed E-state index contributed by atoms with van der Waals surface area (Å²) in [7, 11) is 3.94. The molecule has 2 fully saturated rings. The SMILES string of the molecule is CC.CNC(=O)C1CCC(CN(C)C2CCCC2)N1. The van der Waals surface area contributed by atoms with Crippen LogP contribution < -0.4 is 10.6 Å². The Balaban J connectivity index is 0.000000861. The maximum Gasteiger partial charge on any atom is 0.236 e. The van der Waals surface area contributed by atoms with E-state index < -0.39 is 0 Å². The second kappa shape index (κ2) is 8.54. The first-order chi connectivity index (χ1) is 9.20. The smallest absolute Gasteiger partial charge is 0.236 e. The zero-order valence-electron chi connectivity index (χ0n) is 13.0. The number of carbonyl (C=O) groups excluding carboxylic acids is 1. The number of hydrogen-bond acceptors (Lipinski definition) is 3. The Bertz CT molecular complexity index is 264. The molecule has 1 aliphatic carbocycles. The summed E-state index contributed by atoms with van der Waals surface area (Å²) in [6.07, 6.45) is 7.56. The second-order valence-electron chi connectivity index (χ2n) is 5.49. The summed E-state index contributed by atoms with van der Waals surface area (Å²) in [4.78, 5) is 14.0. The predicted octanol–water partition coefficient (Wildman–Crippen LogP) is 1.75. The minimum absolute atomic E-state index is 0.0296. The van der Waals surface area contributed by atoms with Gasteiger partial charge >= 0.3 is 0 Å². The molecule has 0 radical (unpaired) electrons. The fraction of sp³-hybridized carbons (Fsp3) is 0.933. The lowest BCUT2D eigenvalue weighted by atomic mass is 10.1. The average molecular weight is 269 g/mol. The molecule has 1 saturated heterocycles. The van der Waals surface area contributed by atoms with Gasteiger partial charge in [-0.05, 0) is 32.7 Å². The van der Waals surface area contributed by atoms with E-state index in [2.05, 4.69) is 22.6 Å². The molecule has 2 atom stereocenters. The number of amides is 1. The number of nitrogens with zero attached hydrogens (tertiary/aromatic N) is 1. The summed E-state index contributed by atoms with van der Waals surface area (Å²) in [5.41, 5.74) is 0. The van der Waals surface area contributed by atoms with E-state index in [9.17, 15) is 4.79 Å². The van der Waals surface area contributed by atoms with Crippen molar-refractivity contribution >= 4 is 5.91 Å². The van der Waals surface area contributed by atoms with Gasteiger partial charge in [0, 0.05) is 25.7 Å². The van der Waals surface area contributed by atoms with Crippen LogP contribution in [-0.2, 0) is 4.79 Å². The lowest BCUT2D eigenvalue weighted by molar-refractivity contribution is -0.122. The van der Waals surface area contributed by atoms with Crippen molar-refractivity contribution in [3.63, 3.8) is 0 Å². The van der Waals surface area contributed by atoms with Crippen LogP contribution in [0.4, 0.5) is 0 Å². The first-order valence-electron chi connectivity index (χ1n) is 7.88. The Morgan fingerprint density at radius 1 is 1.21 bits per heavy atom. The van der Waals surface area contributed by atoms with Crippen molar-refractivity contribution in [1.29, 1.82) is 0 Å². The quantitative estimate of drug-likeness (QED) is 0.817. The third-order valence-electron chi connectivity index (χ3n) is 4.26. The summed E-state index contributed by atoms with van der Waals surface area (Å²) in [5, 5.41) is 6.16. The van der Waals surface area contributed by atoms with Crippen molar-refractivity contribution in [3.8, 4) is 0 Å². The third kappa shape index (κ3) is 4.77. The largest absolute Gasteiger partial charge is 0.358 e. The Labute approximate surface area is 118 Å². The Kier molecular flexibility index (Phi) is 7.39. The molecule has 0 aromatic rings. The van der Waals surface area contributed by atoms with Crippen LogP contribution in [0.5, 0.6) is 0 Å². The summed E-state index contributed by atoms with van der Waals surface area (Å²) in [6.45, 7) is 5.08. The van der Waals surface area contributed by atoms with Gasteiger partial charge in [-0.15, -0.1) is 0 Å². The zero-order chi connectivity index (χ0) is 14.3. The van der Waals surface area contributed by atoms with E-state index in [-0.39, 0.29) is 11.9 Å². The maximum absolute atomic E-state index is 11.5. The molecule has 2 unspecified atom stereocenters. The van der Waals surface area contributed by atoms with Gasteiger partial charge in [0.15, 0.2) is 0 Å². The van der Waals surface area contributed by atoms with E-state index in [0.29, 0.717) is 6.04 Å². The van der Waals surface area contributed by atoms with Crippen LogP contribution >= 0.6 is 0 Å². The first kappa shape index (κ1) is 16.4. The van der Waals surface area contributed by atoms with E-state index in [1.54, 1.807) is 7.05 Å². The Hall–Kier alpha value is -0.610. The molecule has 2 rings (SSSR count). The van der Waals surface area contributed by atoms with Crippen LogP contribution in [0.2, 0.25) is 0 Å². The molecule has 0 spiro atoms. The Morgan fingerprint density at radius 3 is 2.42 bits per heavy atom. The van der Waals surface area contributed by atoms with Crippen molar-refractivity contribution in [2.45, 2.75) is 70.5 Å². The predicted molar refractivity (Wildman–Crippen MR) is 80.2 cm³/mol. The van der Waals surface area contributed by atoms with Gasteiger partial charge in [0.1, 0.15) is 0 Å². The highest BCUT2D eigenvalue weighted by Gasteiger charge is 2.30. The third-order valence-corrected chi connectivity index (χ3v) is 4.26. The molecular formula is C15H31N3O. The van der Waals surface area contributed by atoms with Gasteiger partial charge in [-0.1, -0.05) is 26.7 Å². The summed E-state index contributed by atoms with van der Waals surface area (Å²) < 4.78 is 0. The van der Waals surface area contributed by atoms with Crippen LogP contribution in [0.15, 0.2) is 0 Å². The summed E-state index contributed by atoms with van der Waals surface area (Å²) >= 11 is 0. The molecule has 1 saturated carbocycles. The highest BCUT2D eigenvalue weighted by molar-refractivity contribution is 5.81. The maximum atomic E-state index is 11.5. The van der Waals surface area contributed by atoms with Gasteiger partial charge in [-0.2, -0.15) is 0 Å². The molecule has 2 N–H and O–H groups in total. The van der Waals surface area contributed by atoms with Gasteiger partial charge in [-0.3, -0.25) is 4.79 Å². The van der Waals surface area contributed by atoms with Crippen LogP contribution in [0, 0.1) is 0 Å². The lowest BCUT2D eigenvalue weighted by Crippen LogP contribution is -2.45. The lowest BCUT2D eigenvalue weighted by Gasteiger charge is -2.27. The molecule has 0 aromatic heterocycles. The average Bonchev–Trinajstić information content (AvgIpc) is 3.11. The zero-order valence-corrected chi connectivity index (χ0v) is 13.0. The number of rotatable bonds is 4. The normalized spacial score (nSPS) is 27.2. The van der Waals surface area contributed by atoms with Crippen LogP contribution in [-0.4, -0.2) is 49.6 Å². The first-order valence-corrected chi connectivity index (χ1v) is 7.88. The van der Waals surface area contributed by atoms with E-state index >= 15 is 0 Å². The fourth-order valence-corrected chi connectivity index (χ4v) is 3.19. The summed E-state index contributed by atoms with van der Waals surface area (Å²) in [5.74, 6) is 0.135. The van der Waals surface area contributed by atoms with E-state index in [1.807, 2.05) is 13.8 Å². The molecule has 0 bridgehead atoms. The summed E-state index contributed by atoms with van der Waals surface area (Å²) in [6, 6.07) is 1.29. The molecule has 4 nitrogen and oxygen atoms in total. The van der Waals surface area contributed by atoms with Gasteiger partial charge in [0.05, 0.1) is 6.04 Å². The molecule has 1 heterocycles. The van der Waals surface area contributed by atoms with Crippen molar-refractivity contribution in [1.82, 2.24) is 15.5 Å². The number of nitrogens with one attached hydrogen (secondary N) is 2. The standard InChI is InChI=1S/C13H25N3O.C2H6/c1-14-13(17)12-8-7-10(15-12)9-16(2)11-5-3-4-6-11;1-2/h10-12,15H,3-9H2,1-2H3,(H,14,17);1-2H3. The minimum Gasteiger partial charge on any atom is -0.358 e. The van der Waals surface area contributed by atoms with E-state index in [0.717, 1.165) is 25.4 Å². The van der Waals surface area contributed by atoms with Crippen molar-refractivity contribution in [2.75, 3.05) is 20.6 Å². The number of carbonyl (C=O) groups is 1. The van der Waals surface area contributed by atoms with Gasteiger partial charge in [0.25, 0.3) is 0 Å². The minimum atomic E-state index is 0.0296. The van der Waals surface area contributed by atoms with Crippen LogP contribution in [0.25, 0.3) is 0 Å². The molecule has 19 heavy (non-hydrogen) atoms. The molecule has 112 valence electrons. The van der Waals surface area contributed by atoms with Crippen LogP contribution in [0.1, 0.15) is 52.4 Å². The van der Waals surface area contributed by atoms with E-state index in [4.69, 9.17) is 0 Å². The fourth-order valence-electron chi connectivity index (χ4n) is 3.19. The molecule has 0 aromatic carbocycles. The van der Waals surface area contributed by atoms with Gasteiger partial charge in [0.2, 0.25) is 5.91 Å². The molecule has 1 amide bonds. The van der Waals surface area contributed by atoms with Gasteiger partial charge < -0.3 is 15.5 Å². The molecule has 2 aliphatic rings. The van der Waals surface area contributed by atoms with Crippen molar-refractivity contribution in [3.05, 3.63) is 0 Å².